The lowest BCUT2D eigenvalue weighted by atomic mass is 9.92. The van der Waals surface area contributed by atoms with Gasteiger partial charge in [0.25, 0.3) is 0 Å². The van der Waals surface area contributed by atoms with Gasteiger partial charge in [0.15, 0.2) is 0 Å². The molecule has 1 aliphatic rings. The Bertz CT molecular complexity index is 247. The summed E-state index contributed by atoms with van der Waals surface area (Å²) < 4.78 is 0. The van der Waals surface area contributed by atoms with Crippen molar-refractivity contribution in [2.24, 2.45) is 0 Å². The van der Waals surface area contributed by atoms with Crippen LogP contribution in [0.5, 0.6) is 0 Å². The number of nitrogens with zero attached hydrogens (tertiary/aromatic N) is 1. The zero-order chi connectivity index (χ0) is 12.3. The molecule has 4 atom stereocenters. The van der Waals surface area contributed by atoms with Crippen LogP contribution in [0, 0.1) is 0 Å². The number of aliphatic hydroxyl groups is 3. The van der Waals surface area contributed by atoms with Crippen molar-refractivity contribution in [3.63, 3.8) is 0 Å². The number of amides is 1. The fraction of sp³-hybridized carbons (Fsp3) is 0.900. The minimum atomic E-state index is -1.05. The van der Waals surface area contributed by atoms with E-state index in [1.165, 1.54) is 6.92 Å². The van der Waals surface area contributed by atoms with Crippen LogP contribution < -0.4 is 5.32 Å². The van der Waals surface area contributed by atoms with E-state index in [2.05, 4.69) is 5.32 Å². The molecule has 1 fully saturated rings. The molecule has 1 rings (SSSR count). The molecule has 16 heavy (non-hydrogen) atoms. The minimum absolute atomic E-state index is 0.209. The molecule has 0 radical (unpaired) electrons. The Labute approximate surface area is 94.9 Å². The number of likely N-dealkylation sites (tertiary alicyclic amines) is 1. The van der Waals surface area contributed by atoms with Crippen LogP contribution in [0.4, 0.5) is 0 Å². The maximum absolute atomic E-state index is 10.9. The van der Waals surface area contributed by atoms with Crippen molar-refractivity contribution in [3.8, 4) is 0 Å². The third-order valence-electron chi connectivity index (χ3n) is 3.04. The second kappa shape index (κ2) is 5.58. The number of hydrogen-bond acceptors (Lipinski definition) is 5. The topological polar surface area (TPSA) is 93.0 Å². The molecule has 4 N–H and O–H groups in total. The predicted molar refractivity (Wildman–Crippen MR) is 57.7 cm³/mol. The van der Waals surface area contributed by atoms with Gasteiger partial charge in [0.1, 0.15) is 6.10 Å². The van der Waals surface area contributed by atoms with Gasteiger partial charge >= 0.3 is 0 Å². The second-order valence-corrected chi connectivity index (χ2v) is 4.13. The lowest BCUT2D eigenvalue weighted by molar-refractivity contribution is -0.128. The summed E-state index contributed by atoms with van der Waals surface area (Å²) in [5.41, 5.74) is 0. The highest BCUT2D eigenvalue weighted by Gasteiger charge is 2.41. The Morgan fingerprint density at radius 2 is 2.06 bits per heavy atom. The summed E-state index contributed by atoms with van der Waals surface area (Å²) in [5.74, 6) is -0.241. The number of carbonyl (C=O) groups excluding carboxylic acids is 1. The van der Waals surface area contributed by atoms with Crippen LogP contribution in [0.1, 0.15) is 13.8 Å². The molecule has 1 saturated heterocycles. The van der Waals surface area contributed by atoms with E-state index in [4.69, 9.17) is 5.11 Å². The van der Waals surface area contributed by atoms with E-state index in [0.29, 0.717) is 13.1 Å². The summed E-state index contributed by atoms with van der Waals surface area (Å²) in [6.07, 6.45) is -2.08. The molecule has 6 heteroatoms. The first-order valence-electron chi connectivity index (χ1n) is 5.49. The summed E-state index contributed by atoms with van der Waals surface area (Å²) in [6.45, 7) is 4.13. The number of carbonyl (C=O) groups is 1. The largest absolute Gasteiger partial charge is 0.395 e. The number of aliphatic hydroxyl groups excluding tert-OH is 3. The molecule has 1 amide bonds. The van der Waals surface area contributed by atoms with Gasteiger partial charge in [-0.05, 0) is 6.54 Å². The van der Waals surface area contributed by atoms with Crippen LogP contribution in [0.15, 0.2) is 0 Å². The van der Waals surface area contributed by atoms with Gasteiger partial charge in [0.2, 0.25) is 5.91 Å². The van der Waals surface area contributed by atoms with Gasteiger partial charge in [0.05, 0.1) is 24.8 Å². The van der Waals surface area contributed by atoms with Gasteiger partial charge in [-0.15, -0.1) is 0 Å². The van der Waals surface area contributed by atoms with Crippen LogP contribution in [0.2, 0.25) is 0 Å². The van der Waals surface area contributed by atoms with E-state index < -0.39 is 24.3 Å². The maximum atomic E-state index is 10.9. The highest BCUT2D eigenvalue weighted by Crippen LogP contribution is 2.18. The molecule has 0 aromatic rings. The molecule has 1 heterocycles. The van der Waals surface area contributed by atoms with Gasteiger partial charge in [-0.1, -0.05) is 6.92 Å². The third-order valence-corrected chi connectivity index (χ3v) is 3.04. The third kappa shape index (κ3) is 2.70. The Kier molecular flexibility index (Phi) is 4.67. The summed E-state index contributed by atoms with van der Waals surface area (Å²) in [6, 6.07) is -0.958. The molecule has 0 bridgehead atoms. The van der Waals surface area contributed by atoms with Gasteiger partial charge < -0.3 is 20.6 Å². The van der Waals surface area contributed by atoms with E-state index in [1.54, 1.807) is 0 Å². The lowest BCUT2D eigenvalue weighted by Gasteiger charge is -2.44. The van der Waals surface area contributed by atoms with Crippen LogP contribution in [-0.4, -0.2) is 70.1 Å². The summed E-state index contributed by atoms with van der Waals surface area (Å²) in [7, 11) is 0. The Hall–Kier alpha value is -0.690. The molecule has 0 spiro atoms. The average Bonchev–Trinajstić information content (AvgIpc) is 2.24. The molecule has 0 aromatic carbocycles. The van der Waals surface area contributed by atoms with Crippen molar-refractivity contribution < 1.29 is 20.1 Å². The summed E-state index contributed by atoms with van der Waals surface area (Å²) in [4.78, 5) is 12.8. The quantitative estimate of drug-likeness (QED) is 0.448. The second-order valence-electron chi connectivity index (χ2n) is 4.13. The molecular formula is C10H20N2O4. The smallest absolute Gasteiger partial charge is 0.217 e. The van der Waals surface area contributed by atoms with Crippen molar-refractivity contribution in [1.29, 1.82) is 0 Å². The van der Waals surface area contributed by atoms with Gasteiger partial charge in [0, 0.05) is 13.5 Å². The molecule has 1 aliphatic heterocycles. The van der Waals surface area contributed by atoms with E-state index in [1.807, 2.05) is 11.8 Å². The zero-order valence-corrected chi connectivity index (χ0v) is 9.63. The van der Waals surface area contributed by atoms with Crippen molar-refractivity contribution in [1.82, 2.24) is 10.2 Å². The number of hydrogen-bond donors (Lipinski definition) is 4. The normalized spacial score (nSPS) is 36.1. The predicted octanol–water partition coefficient (Wildman–Crippen LogP) is -2.09. The van der Waals surface area contributed by atoms with Crippen LogP contribution in [0.3, 0.4) is 0 Å². The van der Waals surface area contributed by atoms with Gasteiger partial charge in [-0.3, -0.25) is 9.69 Å². The van der Waals surface area contributed by atoms with Crippen LogP contribution in [-0.2, 0) is 4.79 Å². The molecule has 2 unspecified atom stereocenters. The van der Waals surface area contributed by atoms with E-state index in [9.17, 15) is 15.0 Å². The van der Waals surface area contributed by atoms with E-state index >= 15 is 0 Å². The summed E-state index contributed by atoms with van der Waals surface area (Å²) >= 11 is 0. The molecule has 0 aliphatic carbocycles. The molecule has 0 saturated carbocycles. The van der Waals surface area contributed by atoms with Crippen molar-refractivity contribution in [2.75, 3.05) is 19.7 Å². The van der Waals surface area contributed by atoms with Crippen molar-refractivity contribution >= 4 is 5.91 Å². The fourth-order valence-electron chi connectivity index (χ4n) is 2.16. The summed E-state index contributed by atoms with van der Waals surface area (Å²) in [5, 5.41) is 31.4. The van der Waals surface area contributed by atoms with E-state index in [0.717, 1.165) is 0 Å². The highest BCUT2D eigenvalue weighted by molar-refractivity contribution is 5.73. The van der Waals surface area contributed by atoms with Gasteiger partial charge in [-0.25, -0.2) is 0 Å². The Morgan fingerprint density at radius 1 is 1.44 bits per heavy atom. The zero-order valence-electron chi connectivity index (χ0n) is 9.63. The minimum Gasteiger partial charge on any atom is -0.395 e. The first kappa shape index (κ1) is 13.4. The molecule has 0 aromatic heterocycles. The van der Waals surface area contributed by atoms with E-state index in [-0.39, 0.29) is 12.5 Å². The van der Waals surface area contributed by atoms with Crippen molar-refractivity contribution in [2.45, 2.75) is 38.1 Å². The van der Waals surface area contributed by atoms with Gasteiger partial charge in [-0.2, -0.15) is 0 Å². The first-order chi connectivity index (χ1) is 7.51. The molecule has 94 valence electrons. The SMILES string of the molecule is CCN1CC(NC(C)=O)[C@@H](O)[C@H](O)C1CO. The number of piperidine rings is 1. The number of likely N-dealkylation sites (N-methyl/N-ethyl adjacent to an activating group) is 1. The Balaban J connectivity index is 2.74. The number of rotatable bonds is 3. The highest BCUT2D eigenvalue weighted by atomic mass is 16.3. The lowest BCUT2D eigenvalue weighted by Crippen LogP contribution is -2.66. The molecule has 6 nitrogen and oxygen atoms in total. The monoisotopic (exact) mass is 232 g/mol. The standard InChI is InChI=1S/C10H20N2O4/c1-3-12-4-7(11-6(2)14)9(15)10(16)8(12)5-13/h7-10,13,15-16H,3-5H2,1-2H3,(H,11,14)/t7?,8?,9-,10-/m1/s1. The average molecular weight is 232 g/mol. The number of nitrogens with one attached hydrogen (secondary N) is 1. The van der Waals surface area contributed by atoms with Crippen LogP contribution >= 0.6 is 0 Å². The fourth-order valence-corrected chi connectivity index (χ4v) is 2.16. The molecular weight excluding hydrogens is 212 g/mol. The first-order valence-corrected chi connectivity index (χ1v) is 5.49. The maximum Gasteiger partial charge on any atom is 0.217 e. The van der Waals surface area contributed by atoms with Crippen LogP contribution in [0.25, 0.3) is 0 Å². The Morgan fingerprint density at radius 3 is 2.50 bits per heavy atom. The van der Waals surface area contributed by atoms with Crippen molar-refractivity contribution in [3.05, 3.63) is 0 Å².